The van der Waals surface area contributed by atoms with E-state index in [9.17, 15) is 8.42 Å². The van der Waals surface area contributed by atoms with Gasteiger partial charge >= 0.3 is 0 Å². The Balaban J connectivity index is 2.19. The van der Waals surface area contributed by atoms with E-state index in [1.54, 1.807) is 12.1 Å². The summed E-state index contributed by atoms with van der Waals surface area (Å²) in [4.78, 5) is 2.86. The van der Waals surface area contributed by atoms with Crippen LogP contribution in [0.4, 0.5) is 0 Å². The minimum Gasteiger partial charge on any atom is -0.314 e. The van der Waals surface area contributed by atoms with Gasteiger partial charge in [-0.25, -0.2) is 8.42 Å². The van der Waals surface area contributed by atoms with E-state index in [0.717, 1.165) is 32.6 Å². The molecule has 1 aromatic carbocycles. The molecule has 0 unspecified atom stereocenters. The van der Waals surface area contributed by atoms with Crippen LogP contribution >= 0.6 is 0 Å². The quantitative estimate of drug-likeness (QED) is 0.908. The maximum absolute atomic E-state index is 11.5. The summed E-state index contributed by atoms with van der Waals surface area (Å²) in [5, 5.41) is 3.35. The van der Waals surface area contributed by atoms with Crippen molar-refractivity contribution in [1.29, 1.82) is 0 Å². The summed E-state index contributed by atoms with van der Waals surface area (Å²) in [6.07, 6.45) is 2.29. The standard InChI is InChI=1S/C14H22N2O2S/c1-3-14(16-10-8-15-9-11-16)12-4-6-13(7-5-12)19(2,17)18/h4-7,14-15H,3,8-11H2,1-2H3/t14-/m1/s1. The third kappa shape index (κ3) is 3.55. The topological polar surface area (TPSA) is 49.4 Å². The van der Waals surface area contributed by atoms with Gasteiger partial charge in [0.15, 0.2) is 9.84 Å². The van der Waals surface area contributed by atoms with E-state index < -0.39 is 9.84 Å². The van der Waals surface area contributed by atoms with Gasteiger partial charge in [0.05, 0.1) is 4.90 Å². The molecule has 106 valence electrons. The van der Waals surface area contributed by atoms with Gasteiger partial charge in [0.25, 0.3) is 0 Å². The maximum atomic E-state index is 11.5. The Bertz CT molecular complexity index is 505. The highest BCUT2D eigenvalue weighted by atomic mass is 32.2. The van der Waals surface area contributed by atoms with Gasteiger partial charge in [-0.2, -0.15) is 0 Å². The van der Waals surface area contributed by atoms with Crippen LogP contribution < -0.4 is 5.32 Å². The highest BCUT2D eigenvalue weighted by Crippen LogP contribution is 2.25. The summed E-state index contributed by atoms with van der Waals surface area (Å²) < 4.78 is 22.9. The molecule has 1 fully saturated rings. The number of hydrogen-bond acceptors (Lipinski definition) is 4. The molecular formula is C14H22N2O2S. The lowest BCUT2D eigenvalue weighted by molar-refractivity contribution is 0.169. The van der Waals surface area contributed by atoms with Crippen molar-refractivity contribution in [3.63, 3.8) is 0 Å². The van der Waals surface area contributed by atoms with Gasteiger partial charge in [-0.15, -0.1) is 0 Å². The molecule has 2 rings (SSSR count). The second kappa shape index (κ2) is 6.03. The Morgan fingerprint density at radius 1 is 1.21 bits per heavy atom. The lowest BCUT2D eigenvalue weighted by atomic mass is 10.0. The monoisotopic (exact) mass is 282 g/mol. The van der Waals surface area contributed by atoms with Gasteiger partial charge in [0.2, 0.25) is 0 Å². The Kier molecular flexibility index (Phi) is 4.60. The number of hydrogen-bond donors (Lipinski definition) is 1. The molecule has 1 aliphatic heterocycles. The SMILES string of the molecule is CC[C@H](c1ccc(S(C)(=O)=O)cc1)N1CCNCC1. The minimum absolute atomic E-state index is 0.385. The zero-order chi connectivity index (χ0) is 13.9. The largest absolute Gasteiger partial charge is 0.314 e. The highest BCUT2D eigenvalue weighted by molar-refractivity contribution is 7.90. The first-order chi connectivity index (χ1) is 9.02. The number of rotatable bonds is 4. The molecule has 0 aromatic heterocycles. The number of piperazine rings is 1. The van der Waals surface area contributed by atoms with E-state index in [1.165, 1.54) is 11.8 Å². The number of nitrogens with one attached hydrogen (secondary N) is 1. The summed E-state index contributed by atoms with van der Waals surface area (Å²) in [6.45, 7) is 6.33. The molecule has 1 heterocycles. The summed E-state index contributed by atoms with van der Waals surface area (Å²) in [5.74, 6) is 0. The first kappa shape index (κ1) is 14.5. The van der Waals surface area contributed by atoms with Gasteiger partial charge in [0.1, 0.15) is 0 Å². The Hall–Kier alpha value is -0.910. The van der Waals surface area contributed by atoms with Gasteiger partial charge in [-0.3, -0.25) is 4.90 Å². The lowest BCUT2D eigenvalue weighted by Gasteiger charge is -2.34. The molecule has 0 saturated carbocycles. The normalized spacial score (nSPS) is 19.3. The fourth-order valence-electron chi connectivity index (χ4n) is 2.64. The van der Waals surface area contributed by atoms with Crippen molar-refractivity contribution in [3.8, 4) is 0 Å². The zero-order valence-corrected chi connectivity index (χ0v) is 12.4. The second-order valence-corrected chi connectivity index (χ2v) is 7.07. The molecule has 0 bridgehead atoms. The van der Waals surface area contributed by atoms with Crippen LogP contribution in [0.25, 0.3) is 0 Å². The molecule has 1 saturated heterocycles. The van der Waals surface area contributed by atoms with Crippen LogP contribution in [-0.4, -0.2) is 45.8 Å². The van der Waals surface area contributed by atoms with Crippen molar-refractivity contribution in [2.75, 3.05) is 32.4 Å². The number of nitrogens with zero attached hydrogens (tertiary/aromatic N) is 1. The third-order valence-electron chi connectivity index (χ3n) is 3.67. The smallest absolute Gasteiger partial charge is 0.175 e. The highest BCUT2D eigenvalue weighted by Gasteiger charge is 2.20. The first-order valence-electron chi connectivity index (χ1n) is 6.77. The van der Waals surface area contributed by atoms with E-state index in [2.05, 4.69) is 17.1 Å². The molecule has 1 aliphatic rings. The average molecular weight is 282 g/mol. The van der Waals surface area contributed by atoms with E-state index in [1.807, 2.05) is 12.1 Å². The minimum atomic E-state index is -3.10. The van der Waals surface area contributed by atoms with E-state index in [4.69, 9.17) is 0 Å². The Morgan fingerprint density at radius 3 is 2.26 bits per heavy atom. The predicted molar refractivity (Wildman–Crippen MR) is 77.0 cm³/mol. The van der Waals surface area contributed by atoms with Crippen molar-refractivity contribution in [2.24, 2.45) is 0 Å². The molecule has 19 heavy (non-hydrogen) atoms. The fraction of sp³-hybridized carbons (Fsp3) is 0.571. The van der Waals surface area contributed by atoms with Gasteiger partial charge in [-0.05, 0) is 24.1 Å². The molecule has 1 N–H and O–H groups in total. The summed E-state index contributed by atoms with van der Waals surface area (Å²) >= 11 is 0. The second-order valence-electron chi connectivity index (χ2n) is 5.05. The average Bonchev–Trinajstić information content (AvgIpc) is 2.40. The van der Waals surface area contributed by atoms with Crippen LogP contribution in [0.3, 0.4) is 0 Å². The predicted octanol–water partition coefficient (Wildman–Crippen LogP) is 1.45. The molecular weight excluding hydrogens is 260 g/mol. The van der Waals surface area contributed by atoms with E-state index >= 15 is 0 Å². The van der Waals surface area contributed by atoms with Gasteiger partial charge in [-0.1, -0.05) is 19.1 Å². The van der Waals surface area contributed by atoms with Crippen LogP contribution in [0.1, 0.15) is 24.9 Å². The maximum Gasteiger partial charge on any atom is 0.175 e. The fourth-order valence-corrected chi connectivity index (χ4v) is 3.27. The third-order valence-corrected chi connectivity index (χ3v) is 4.80. The number of sulfone groups is 1. The molecule has 1 aromatic rings. The summed E-state index contributed by atoms with van der Waals surface area (Å²) in [6, 6.07) is 7.72. The first-order valence-corrected chi connectivity index (χ1v) is 8.66. The zero-order valence-electron chi connectivity index (χ0n) is 11.6. The number of benzene rings is 1. The molecule has 5 heteroatoms. The molecule has 0 aliphatic carbocycles. The van der Waals surface area contributed by atoms with Crippen LogP contribution in [0.5, 0.6) is 0 Å². The van der Waals surface area contributed by atoms with Crippen molar-refractivity contribution >= 4 is 9.84 Å². The Labute approximate surface area is 115 Å². The molecule has 1 atom stereocenters. The van der Waals surface area contributed by atoms with Crippen LogP contribution in [-0.2, 0) is 9.84 Å². The van der Waals surface area contributed by atoms with Crippen LogP contribution in [0, 0.1) is 0 Å². The van der Waals surface area contributed by atoms with Crippen molar-refractivity contribution < 1.29 is 8.42 Å². The summed E-state index contributed by atoms with van der Waals surface area (Å²) in [7, 11) is -3.10. The van der Waals surface area contributed by atoms with Crippen molar-refractivity contribution in [3.05, 3.63) is 29.8 Å². The van der Waals surface area contributed by atoms with Crippen LogP contribution in [0.2, 0.25) is 0 Å². The van der Waals surface area contributed by atoms with Crippen molar-refractivity contribution in [2.45, 2.75) is 24.3 Å². The Morgan fingerprint density at radius 2 is 1.79 bits per heavy atom. The van der Waals surface area contributed by atoms with E-state index in [-0.39, 0.29) is 0 Å². The van der Waals surface area contributed by atoms with Crippen LogP contribution in [0.15, 0.2) is 29.2 Å². The molecule has 0 radical (unpaired) electrons. The molecule has 0 amide bonds. The molecule has 4 nitrogen and oxygen atoms in total. The summed E-state index contributed by atoms with van der Waals surface area (Å²) in [5.41, 5.74) is 1.21. The van der Waals surface area contributed by atoms with E-state index in [0.29, 0.717) is 10.9 Å². The van der Waals surface area contributed by atoms with Gasteiger partial charge in [0, 0.05) is 38.5 Å². The van der Waals surface area contributed by atoms with Crippen molar-refractivity contribution in [1.82, 2.24) is 10.2 Å². The lowest BCUT2D eigenvalue weighted by Crippen LogP contribution is -2.45. The molecule has 0 spiro atoms. The van der Waals surface area contributed by atoms with Gasteiger partial charge < -0.3 is 5.32 Å².